The standard InChI is InChI=1S/C23H29NO2/c1-2-21(25)23(20-10-6-7-11-22(20)26)19-13-16-24(17-14-19)15-12-18-8-4-3-5-9-18/h3-11,19,23,26H,2,12-17H2,1H3. The number of phenols is 1. The minimum atomic E-state index is -0.169. The Balaban J connectivity index is 1.61. The van der Waals surface area contributed by atoms with Crippen molar-refractivity contribution in [3.05, 3.63) is 65.7 Å². The van der Waals surface area contributed by atoms with Gasteiger partial charge in [0.2, 0.25) is 0 Å². The number of carbonyl (C=O) groups excluding carboxylic acids is 1. The number of carbonyl (C=O) groups is 1. The van der Waals surface area contributed by atoms with E-state index in [2.05, 4.69) is 35.2 Å². The van der Waals surface area contributed by atoms with Crippen LogP contribution in [0.3, 0.4) is 0 Å². The minimum Gasteiger partial charge on any atom is -0.508 e. The lowest BCUT2D eigenvalue weighted by atomic mass is 9.76. The Morgan fingerprint density at radius 3 is 2.38 bits per heavy atom. The Morgan fingerprint density at radius 2 is 1.73 bits per heavy atom. The van der Waals surface area contributed by atoms with Crippen LogP contribution in [0.5, 0.6) is 5.75 Å². The first-order valence-corrected chi connectivity index (χ1v) is 9.76. The molecule has 0 amide bonds. The summed E-state index contributed by atoms with van der Waals surface area (Å²) in [6.07, 6.45) is 3.62. The van der Waals surface area contributed by atoms with E-state index in [0.29, 0.717) is 12.3 Å². The summed E-state index contributed by atoms with van der Waals surface area (Å²) in [4.78, 5) is 15.1. The summed E-state index contributed by atoms with van der Waals surface area (Å²) in [5, 5.41) is 10.3. The van der Waals surface area contributed by atoms with Gasteiger partial charge in [-0.3, -0.25) is 4.79 Å². The van der Waals surface area contributed by atoms with Crippen LogP contribution in [0, 0.1) is 5.92 Å². The third kappa shape index (κ3) is 4.53. The summed E-state index contributed by atoms with van der Waals surface area (Å²) in [5.41, 5.74) is 2.19. The van der Waals surface area contributed by atoms with E-state index in [9.17, 15) is 9.90 Å². The van der Waals surface area contributed by atoms with E-state index in [-0.39, 0.29) is 17.5 Å². The van der Waals surface area contributed by atoms with Gasteiger partial charge in [0.05, 0.1) is 0 Å². The third-order valence-corrected chi connectivity index (χ3v) is 5.63. The van der Waals surface area contributed by atoms with Gasteiger partial charge in [0.15, 0.2) is 0 Å². The predicted octanol–water partition coefficient (Wildman–Crippen LogP) is 4.41. The van der Waals surface area contributed by atoms with Crippen molar-refractivity contribution in [1.82, 2.24) is 4.90 Å². The van der Waals surface area contributed by atoms with Crippen molar-refractivity contribution in [2.24, 2.45) is 5.92 Å². The summed E-state index contributed by atoms with van der Waals surface area (Å²) < 4.78 is 0. The molecule has 26 heavy (non-hydrogen) atoms. The molecule has 1 fully saturated rings. The fourth-order valence-electron chi connectivity index (χ4n) is 4.10. The maximum absolute atomic E-state index is 12.6. The first kappa shape index (κ1) is 18.7. The Bertz CT molecular complexity index is 705. The summed E-state index contributed by atoms with van der Waals surface area (Å²) in [6, 6.07) is 17.9. The van der Waals surface area contributed by atoms with E-state index in [1.165, 1.54) is 5.56 Å². The molecule has 2 aromatic rings. The monoisotopic (exact) mass is 351 g/mol. The van der Waals surface area contributed by atoms with Gasteiger partial charge in [-0.2, -0.15) is 0 Å². The molecule has 2 aromatic carbocycles. The molecule has 138 valence electrons. The van der Waals surface area contributed by atoms with E-state index in [4.69, 9.17) is 0 Å². The molecule has 0 spiro atoms. The molecule has 0 saturated carbocycles. The molecule has 3 heteroatoms. The van der Waals surface area contributed by atoms with Crippen LogP contribution in [0.4, 0.5) is 0 Å². The number of para-hydroxylation sites is 1. The highest BCUT2D eigenvalue weighted by atomic mass is 16.3. The molecule has 1 atom stereocenters. The number of nitrogens with zero attached hydrogens (tertiary/aromatic N) is 1. The number of phenolic OH excluding ortho intramolecular Hbond substituents is 1. The number of aromatic hydroxyl groups is 1. The number of Topliss-reactive ketones (excluding diaryl/α,β-unsaturated/α-hetero) is 1. The molecule has 3 nitrogen and oxygen atoms in total. The van der Waals surface area contributed by atoms with Crippen LogP contribution in [-0.4, -0.2) is 35.4 Å². The predicted molar refractivity (Wildman–Crippen MR) is 105 cm³/mol. The molecular formula is C23H29NO2. The van der Waals surface area contributed by atoms with Gasteiger partial charge in [-0.05, 0) is 49.9 Å². The van der Waals surface area contributed by atoms with E-state index in [1.54, 1.807) is 6.07 Å². The number of piperidine rings is 1. The lowest BCUT2D eigenvalue weighted by Gasteiger charge is -2.36. The van der Waals surface area contributed by atoms with Crippen LogP contribution >= 0.6 is 0 Å². The van der Waals surface area contributed by atoms with Crippen molar-refractivity contribution >= 4 is 5.78 Å². The first-order valence-electron chi connectivity index (χ1n) is 9.76. The largest absolute Gasteiger partial charge is 0.508 e. The zero-order chi connectivity index (χ0) is 18.4. The maximum atomic E-state index is 12.6. The van der Waals surface area contributed by atoms with Crippen molar-refractivity contribution < 1.29 is 9.90 Å². The quantitative estimate of drug-likeness (QED) is 0.803. The highest BCUT2D eigenvalue weighted by molar-refractivity contribution is 5.86. The molecule has 1 heterocycles. The zero-order valence-corrected chi connectivity index (χ0v) is 15.6. The van der Waals surface area contributed by atoms with Crippen LogP contribution in [0.2, 0.25) is 0 Å². The molecule has 0 bridgehead atoms. The smallest absolute Gasteiger partial charge is 0.140 e. The second-order valence-electron chi connectivity index (χ2n) is 7.27. The molecule has 1 aliphatic rings. The van der Waals surface area contributed by atoms with Crippen molar-refractivity contribution in [2.45, 2.75) is 38.5 Å². The molecule has 1 N–H and O–H groups in total. The Labute approximate surface area is 156 Å². The summed E-state index contributed by atoms with van der Waals surface area (Å²) >= 11 is 0. The van der Waals surface area contributed by atoms with E-state index in [1.807, 2.05) is 25.1 Å². The highest BCUT2D eigenvalue weighted by Gasteiger charge is 2.32. The second-order valence-corrected chi connectivity index (χ2v) is 7.27. The van der Waals surface area contributed by atoms with E-state index >= 15 is 0 Å². The van der Waals surface area contributed by atoms with Crippen LogP contribution < -0.4 is 0 Å². The molecule has 3 rings (SSSR count). The van der Waals surface area contributed by atoms with Gasteiger partial charge in [0.1, 0.15) is 11.5 Å². The summed E-state index contributed by atoms with van der Waals surface area (Å²) in [5.74, 6) is 0.654. The van der Waals surface area contributed by atoms with Gasteiger partial charge < -0.3 is 10.0 Å². The van der Waals surface area contributed by atoms with Crippen LogP contribution in [0.25, 0.3) is 0 Å². The van der Waals surface area contributed by atoms with Gasteiger partial charge in [0, 0.05) is 24.4 Å². The number of hydrogen-bond acceptors (Lipinski definition) is 3. The number of hydrogen-bond donors (Lipinski definition) is 1. The van der Waals surface area contributed by atoms with Gasteiger partial charge in [-0.25, -0.2) is 0 Å². The van der Waals surface area contributed by atoms with E-state index in [0.717, 1.165) is 44.5 Å². The molecule has 0 radical (unpaired) electrons. The average Bonchev–Trinajstić information content (AvgIpc) is 2.69. The molecular weight excluding hydrogens is 322 g/mol. The van der Waals surface area contributed by atoms with Crippen LogP contribution in [0.1, 0.15) is 43.2 Å². The molecule has 1 aliphatic heterocycles. The topological polar surface area (TPSA) is 40.5 Å². The van der Waals surface area contributed by atoms with Crippen molar-refractivity contribution in [3.8, 4) is 5.75 Å². The SMILES string of the molecule is CCC(=O)C(c1ccccc1O)C1CCN(CCc2ccccc2)CC1. The van der Waals surface area contributed by atoms with Gasteiger partial charge in [-0.1, -0.05) is 55.5 Å². The highest BCUT2D eigenvalue weighted by Crippen LogP contribution is 2.38. The number of ketones is 1. The van der Waals surface area contributed by atoms with E-state index < -0.39 is 0 Å². The molecule has 0 aliphatic carbocycles. The van der Waals surface area contributed by atoms with Crippen molar-refractivity contribution in [1.29, 1.82) is 0 Å². The zero-order valence-electron chi connectivity index (χ0n) is 15.6. The van der Waals surface area contributed by atoms with Gasteiger partial charge in [0.25, 0.3) is 0 Å². The fourth-order valence-corrected chi connectivity index (χ4v) is 4.10. The number of rotatable bonds is 7. The van der Waals surface area contributed by atoms with Crippen molar-refractivity contribution in [2.75, 3.05) is 19.6 Å². The minimum absolute atomic E-state index is 0.169. The fraction of sp³-hybridized carbons (Fsp3) is 0.435. The molecule has 0 aromatic heterocycles. The Hall–Kier alpha value is -2.13. The second kappa shape index (κ2) is 9.00. The van der Waals surface area contributed by atoms with Crippen LogP contribution in [-0.2, 0) is 11.2 Å². The lowest BCUT2D eigenvalue weighted by molar-refractivity contribution is -0.121. The normalized spacial score (nSPS) is 17.1. The molecule has 1 unspecified atom stereocenters. The van der Waals surface area contributed by atoms with Crippen molar-refractivity contribution in [3.63, 3.8) is 0 Å². The summed E-state index contributed by atoms with van der Waals surface area (Å²) in [7, 11) is 0. The molecule has 1 saturated heterocycles. The average molecular weight is 351 g/mol. The number of benzene rings is 2. The van der Waals surface area contributed by atoms with Gasteiger partial charge in [-0.15, -0.1) is 0 Å². The number of likely N-dealkylation sites (tertiary alicyclic amines) is 1. The van der Waals surface area contributed by atoms with Crippen LogP contribution in [0.15, 0.2) is 54.6 Å². The van der Waals surface area contributed by atoms with Gasteiger partial charge >= 0.3 is 0 Å². The summed E-state index contributed by atoms with van der Waals surface area (Å²) in [6.45, 7) is 5.04. The third-order valence-electron chi connectivity index (χ3n) is 5.63. The maximum Gasteiger partial charge on any atom is 0.140 e. The Morgan fingerprint density at radius 1 is 1.08 bits per heavy atom. The Kier molecular flexibility index (Phi) is 6.45. The first-order chi connectivity index (χ1) is 12.7. The lowest BCUT2D eigenvalue weighted by Crippen LogP contribution is -2.38.